The lowest BCUT2D eigenvalue weighted by Crippen LogP contribution is -2.31. The van der Waals surface area contributed by atoms with E-state index in [4.69, 9.17) is 14.2 Å². The van der Waals surface area contributed by atoms with Crippen LogP contribution in [-0.2, 0) is 0 Å². The monoisotopic (exact) mass is 345 g/mol. The average molecular weight is 345 g/mol. The van der Waals surface area contributed by atoms with Crippen molar-refractivity contribution in [3.8, 4) is 17.2 Å². The van der Waals surface area contributed by atoms with Gasteiger partial charge < -0.3 is 24.4 Å². The van der Waals surface area contributed by atoms with Crippen LogP contribution >= 0.6 is 0 Å². The molecule has 3 rings (SSSR count). The first kappa shape index (κ1) is 17.1. The number of ether oxygens (including phenoxy) is 3. The fraction of sp³-hybridized carbons (Fsp3) is 0.471. The van der Waals surface area contributed by atoms with Crippen LogP contribution in [0.2, 0.25) is 0 Å². The van der Waals surface area contributed by atoms with Gasteiger partial charge in [-0.15, -0.1) is 5.10 Å². The Morgan fingerprint density at radius 1 is 0.960 bits per heavy atom. The van der Waals surface area contributed by atoms with Crippen molar-refractivity contribution in [3.63, 3.8) is 0 Å². The Balaban J connectivity index is 1.84. The predicted molar refractivity (Wildman–Crippen MR) is 95.3 cm³/mol. The van der Waals surface area contributed by atoms with Gasteiger partial charge in [0.2, 0.25) is 11.7 Å². The molecule has 1 saturated heterocycles. The summed E-state index contributed by atoms with van der Waals surface area (Å²) < 4.78 is 16.1. The zero-order valence-electron chi connectivity index (χ0n) is 14.8. The molecule has 1 aliphatic rings. The minimum atomic E-state index is 0.547. The topological polar surface area (TPSA) is 81.6 Å². The second-order valence-electron chi connectivity index (χ2n) is 5.73. The van der Waals surface area contributed by atoms with Crippen molar-refractivity contribution < 1.29 is 14.2 Å². The molecule has 8 nitrogen and oxygen atoms in total. The van der Waals surface area contributed by atoms with Gasteiger partial charge in [0, 0.05) is 30.9 Å². The second kappa shape index (κ2) is 7.87. The van der Waals surface area contributed by atoms with Gasteiger partial charge in [-0.05, 0) is 19.3 Å². The summed E-state index contributed by atoms with van der Waals surface area (Å²) in [5.41, 5.74) is 0.764. The lowest BCUT2D eigenvalue weighted by Gasteiger charge is -2.26. The Labute approximate surface area is 147 Å². The lowest BCUT2D eigenvalue weighted by molar-refractivity contribution is 0.324. The van der Waals surface area contributed by atoms with Gasteiger partial charge in [0.05, 0.1) is 27.5 Å². The summed E-state index contributed by atoms with van der Waals surface area (Å²) >= 11 is 0. The van der Waals surface area contributed by atoms with Gasteiger partial charge in [0.15, 0.2) is 17.3 Å². The van der Waals surface area contributed by atoms with Crippen LogP contribution in [0.5, 0.6) is 17.2 Å². The minimum absolute atomic E-state index is 0.547. The van der Waals surface area contributed by atoms with E-state index in [2.05, 4.69) is 25.4 Å². The largest absolute Gasteiger partial charge is 0.493 e. The predicted octanol–water partition coefficient (Wildman–Crippen LogP) is 2.63. The maximum atomic E-state index is 5.37. The van der Waals surface area contributed by atoms with E-state index in [0.717, 1.165) is 31.6 Å². The number of rotatable bonds is 6. The van der Waals surface area contributed by atoms with Crippen molar-refractivity contribution in [1.82, 2.24) is 15.2 Å². The first-order chi connectivity index (χ1) is 12.2. The number of piperidine rings is 1. The average Bonchev–Trinajstić information content (AvgIpc) is 2.68. The van der Waals surface area contributed by atoms with Crippen LogP contribution in [0.15, 0.2) is 18.3 Å². The number of anilines is 3. The van der Waals surface area contributed by atoms with E-state index >= 15 is 0 Å². The van der Waals surface area contributed by atoms with Crippen molar-refractivity contribution in [3.05, 3.63) is 18.3 Å². The highest BCUT2D eigenvalue weighted by molar-refractivity contribution is 5.66. The summed E-state index contributed by atoms with van der Waals surface area (Å²) in [5.74, 6) is 2.96. The summed E-state index contributed by atoms with van der Waals surface area (Å²) in [7, 11) is 4.75. The molecule has 1 fully saturated rings. The maximum Gasteiger partial charge on any atom is 0.247 e. The molecule has 0 spiro atoms. The molecule has 134 valence electrons. The highest BCUT2D eigenvalue weighted by Gasteiger charge is 2.16. The van der Waals surface area contributed by atoms with E-state index < -0.39 is 0 Å². The van der Waals surface area contributed by atoms with Crippen LogP contribution in [0.4, 0.5) is 17.5 Å². The van der Waals surface area contributed by atoms with Crippen molar-refractivity contribution in [2.75, 3.05) is 44.6 Å². The first-order valence-corrected chi connectivity index (χ1v) is 8.27. The maximum absolute atomic E-state index is 5.37. The van der Waals surface area contributed by atoms with Crippen LogP contribution in [0.1, 0.15) is 19.3 Å². The van der Waals surface area contributed by atoms with Gasteiger partial charge in [-0.2, -0.15) is 10.1 Å². The molecular formula is C17H23N5O3. The Morgan fingerprint density at radius 3 is 2.24 bits per heavy atom. The molecule has 1 aliphatic heterocycles. The molecule has 0 radical (unpaired) electrons. The molecule has 8 heteroatoms. The van der Waals surface area contributed by atoms with Crippen LogP contribution in [-0.4, -0.2) is 49.6 Å². The number of nitrogens with one attached hydrogen (secondary N) is 1. The minimum Gasteiger partial charge on any atom is -0.493 e. The second-order valence-corrected chi connectivity index (χ2v) is 5.73. The summed E-state index contributed by atoms with van der Waals surface area (Å²) in [6.45, 7) is 1.94. The van der Waals surface area contributed by atoms with Crippen molar-refractivity contribution in [2.24, 2.45) is 0 Å². The Kier molecular flexibility index (Phi) is 5.37. The van der Waals surface area contributed by atoms with Gasteiger partial charge in [0.1, 0.15) is 0 Å². The van der Waals surface area contributed by atoms with E-state index in [1.54, 1.807) is 27.5 Å². The molecule has 1 aromatic heterocycles. The van der Waals surface area contributed by atoms with E-state index in [1.165, 1.54) is 6.42 Å². The van der Waals surface area contributed by atoms with Crippen LogP contribution in [0.3, 0.4) is 0 Å². The van der Waals surface area contributed by atoms with Gasteiger partial charge >= 0.3 is 0 Å². The number of benzene rings is 1. The van der Waals surface area contributed by atoms with Crippen LogP contribution in [0.25, 0.3) is 0 Å². The molecule has 2 heterocycles. The van der Waals surface area contributed by atoms with Crippen molar-refractivity contribution in [2.45, 2.75) is 19.3 Å². The third kappa shape index (κ3) is 3.84. The zero-order chi connectivity index (χ0) is 17.6. The molecule has 0 aliphatic carbocycles. The third-order valence-corrected chi connectivity index (χ3v) is 4.12. The van der Waals surface area contributed by atoms with E-state index in [1.807, 2.05) is 12.1 Å². The summed E-state index contributed by atoms with van der Waals surface area (Å²) in [5, 5.41) is 11.5. The number of hydrogen-bond acceptors (Lipinski definition) is 8. The molecule has 2 aromatic rings. The quantitative estimate of drug-likeness (QED) is 0.856. The number of hydrogen-bond donors (Lipinski definition) is 1. The van der Waals surface area contributed by atoms with E-state index in [9.17, 15) is 0 Å². The Morgan fingerprint density at radius 2 is 1.64 bits per heavy atom. The highest BCUT2D eigenvalue weighted by atomic mass is 16.5. The molecular weight excluding hydrogens is 322 g/mol. The molecule has 0 amide bonds. The zero-order valence-corrected chi connectivity index (χ0v) is 14.8. The van der Waals surface area contributed by atoms with Gasteiger partial charge in [0.25, 0.3) is 0 Å². The van der Waals surface area contributed by atoms with Gasteiger partial charge in [-0.25, -0.2) is 0 Å². The van der Waals surface area contributed by atoms with Crippen molar-refractivity contribution >= 4 is 17.5 Å². The van der Waals surface area contributed by atoms with Gasteiger partial charge in [-0.3, -0.25) is 0 Å². The summed E-state index contributed by atoms with van der Waals surface area (Å²) in [6, 6.07) is 3.65. The van der Waals surface area contributed by atoms with Crippen LogP contribution < -0.4 is 24.4 Å². The molecule has 0 unspecified atom stereocenters. The number of nitrogens with zero attached hydrogens (tertiary/aromatic N) is 4. The molecule has 1 aromatic carbocycles. The van der Waals surface area contributed by atoms with E-state index in [-0.39, 0.29) is 0 Å². The normalized spacial score (nSPS) is 14.1. The lowest BCUT2D eigenvalue weighted by atomic mass is 10.1. The smallest absolute Gasteiger partial charge is 0.247 e. The molecule has 0 atom stereocenters. The Hall–Kier alpha value is -2.77. The van der Waals surface area contributed by atoms with E-state index in [0.29, 0.717) is 29.0 Å². The number of aromatic nitrogens is 3. The molecule has 25 heavy (non-hydrogen) atoms. The van der Waals surface area contributed by atoms with Crippen molar-refractivity contribution in [1.29, 1.82) is 0 Å². The highest BCUT2D eigenvalue weighted by Crippen LogP contribution is 2.40. The first-order valence-electron chi connectivity index (χ1n) is 8.27. The molecule has 0 bridgehead atoms. The van der Waals surface area contributed by atoms with Gasteiger partial charge in [-0.1, -0.05) is 0 Å². The molecule has 1 N–H and O–H groups in total. The standard InChI is InChI=1S/C17H23N5O3/c1-23-13-9-12(10-14(24-2)16(13)25-3)19-15-11-18-21-17(20-15)22-7-5-4-6-8-22/h9-11H,4-8H2,1-3H3,(H,19,20,21). The summed E-state index contributed by atoms with van der Waals surface area (Å²) in [6.07, 6.45) is 5.17. The summed E-state index contributed by atoms with van der Waals surface area (Å²) in [4.78, 5) is 6.74. The van der Waals surface area contributed by atoms with Crippen LogP contribution in [0, 0.1) is 0 Å². The fourth-order valence-corrected chi connectivity index (χ4v) is 2.88. The third-order valence-electron chi connectivity index (χ3n) is 4.12. The fourth-order valence-electron chi connectivity index (χ4n) is 2.88. The number of methoxy groups -OCH3 is 3. The SMILES string of the molecule is COc1cc(Nc2cnnc(N3CCCCC3)n2)cc(OC)c1OC. The molecule has 0 saturated carbocycles. The Bertz CT molecular complexity index is 694.